The molecule has 1 aromatic heterocycles. The third-order valence-corrected chi connectivity index (χ3v) is 8.65. The zero-order valence-electron chi connectivity index (χ0n) is 22.5. The number of piperidine rings is 1. The minimum absolute atomic E-state index is 0.0740. The standard InChI is InChI=1S/C31H38N4O3/c1-21-9-14-33(15-10-21)31(37)23-3-8-29-27(19-23)28-20-34(25-12-17-38-18-13-25)16-11-30(28)35(29)26-6-4-24(5-7-26)32-22(2)36/h3-8,19,21,25H,9-18,20H2,1-2H3,(H,32,36). The van der Waals surface area contributed by atoms with Crippen LogP contribution in [-0.4, -0.2) is 65.1 Å². The Morgan fingerprint density at radius 2 is 1.68 bits per heavy atom. The molecule has 0 unspecified atom stereocenters. The summed E-state index contributed by atoms with van der Waals surface area (Å²) in [5.74, 6) is 0.767. The number of likely N-dealkylation sites (tertiary alicyclic amines) is 1. The number of nitrogens with zero attached hydrogens (tertiary/aromatic N) is 3. The van der Waals surface area contributed by atoms with Gasteiger partial charge < -0.3 is 19.5 Å². The minimum Gasteiger partial charge on any atom is -0.381 e. The largest absolute Gasteiger partial charge is 0.381 e. The van der Waals surface area contributed by atoms with Gasteiger partial charge in [-0.1, -0.05) is 6.92 Å². The van der Waals surface area contributed by atoms with E-state index in [0.29, 0.717) is 12.0 Å². The van der Waals surface area contributed by atoms with Gasteiger partial charge in [0, 0.05) is 86.8 Å². The van der Waals surface area contributed by atoms with Crippen LogP contribution in [-0.2, 0) is 22.5 Å². The summed E-state index contributed by atoms with van der Waals surface area (Å²) in [5.41, 5.74) is 6.46. The number of rotatable bonds is 4. The number of ether oxygens (including phenoxy) is 1. The van der Waals surface area contributed by atoms with Crippen LogP contribution in [0, 0.1) is 5.92 Å². The van der Waals surface area contributed by atoms with E-state index in [0.717, 1.165) is 94.0 Å². The third-order valence-electron chi connectivity index (χ3n) is 8.65. The van der Waals surface area contributed by atoms with E-state index in [-0.39, 0.29) is 11.8 Å². The lowest BCUT2D eigenvalue weighted by Gasteiger charge is -2.37. The number of hydrogen-bond acceptors (Lipinski definition) is 4. The monoisotopic (exact) mass is 514 g/mol. The van der Waals surface area contributed by atoms with E-state index in [1.807, 2.05) is 23.1 Å². The molecule has 6 rings (SSSR count). The average molecular weight is 515 g/mol. The first-order valence-electron chi connectivity index (χ1n) is 14.1. The first-order valence-corrected chi connectivity index (χ1v) is 14.1. The van der Waals surface area contributed by atoms with Gasteiger partial charge >= 0.3 is 0 Å². The number of carbonyl (C=O) groups excluding carboxylic acids is 2. The molecule has 0 atom stereocenters. The molecule has 7 heteroatoms. The number of benzene rings is 2. The van der Waals surface area contributed by atoms with Gasteiger partial charge in [0.05, 0.1) is 5.52 Å². The number of aromatic nitrogens is 1. The van der Waals surface area contributed by atoms with Crippen molar-refractivity contribution in [1.29, 1.82) is 0 Å². The van der Waals surface area contributed by atoms with Crippen LogP contribution >= 0.6 is 0 Å². The Labute approximate surface area is 224 Å². The molecule has 4 heterocycles. The number of carbonyl (C=O) groups is 2. The SMILES string of the molecule is CC(=O)Nc1ccc(-n2c3c(c4cc(C(=O)N5CCC(C)CC5)ccc42)CN(C2CCOCC2)CC3)cc1. The average Bonchev–Trinajstić information content (AvgIpc) is 3.27. The molecule has 2 amide bonds. The molecule has 3 aliphatic heterocycles. The van der Waals surface area contributed by atoms with Gasteiger partial charge in [-0.3, -0.25) is 14.5 Å². The molecule has 2 fully saturated rings. The van der Waals surface area contributed by atoms with Crippen molar-refractivity contribution in [3.05, 3.63) is 59.3 Å². The van der Waals surface area contributed by atoms with Gasteiger partial charge in [0.2, 0.25) is 5.91 Å². The van der Waals surface area contributed by atoms with Crippen LogP contribution in [0.4, 0.5) is 5.69 Å². The summed E-state index contributed by atoms with van der Waals surface area (Å²) >= 11 is 0. The first kappa shape index (κ1) is 25.1. The van der Waals surface area contributed by atoms with Crippen molar-refractivity contribution in [2.45, 2.75) is 58.5 Å². The summed E-state index contributed by atoms with van der Waals surface area (Å²) in [6, 6.07) is 14.9. The van der Waals surface area contributed by atoms with Crippen molar-refractivity contribution in [1.82, 2.24) is 14.4 Å². The Kier molecular flexibility index (Phi) is 6.97. The van der Waals surface area contributed by atoms with E-state index in [4.69, 9.17) is 4.74 Å². The van der Waals surface area contributed by atoms with Gasteiger partial charge in [0.15, 0.2) is 0 Å². The number of nitrogens with one attached hydrogen (secondary N) is 1. The Morgan fingerprint density at radius 1 is 0.947 bits per heavy atom. The topological polar surface area (TPSA) is 66.8 Å². The van der Waals surface area contributed by atoms with Crippen LogP contribution in [0.5, 0.6) is 0 Å². The van der Waals surface area contributed by atoms with Crippen molar-refractivity contribution in [3.63, 3.8) is 0 Å². The summed E-state index contributed by atoms with van der Waals surface area (Å²) in [4.78, 5) is 29.7. The molecule has 0 bridgehead atoms. The molecular weight excluding hydrogens is 476 g/mol. The van der Waals surface area contributed by atoms with E-state index in [2.05, 4.69) is 46.0 Å². The van der Waals surface area contributed by atoms with Crippen molar-refractivity contribution in [2.24, 2.45) is 5.92 Å². The Hall–Kier alpha value is -3.16. The second kappa shape index (κ2) is 10.5. The highest BCUT2D eigenvalue weighted by Gasteiger charge is 2.30. The summed E-state index contributed by atoms with van der Waals surface area (Å²) in [6.07, 6.45) is 5.27. The molecule has 200 valence electrons. The number of amides is 2. The molecule has 0 saturated carbocycles. The fraction of sp³-hybridized carbons (Fsp3) is 0.484. The quantitative estimate of drug-likeness (QED) is 0.532. The van der Waals surface area contributed by atoms with Gasteiger partial charge in [-0.25, -0.2) is 0 Å². The van der Waals surface area contributed by atoms with Gasteiger partial charge in [-0.2, -0.15) is 0 Å². The summed E-state index contributed by atoms with van der Waals surface area (Å²) in [7, 11) is 0. The maximum atomic E-state index is 13.5. The van der Waals surface area contributed by atoms with E-state index in [1.54, 1.807) is 0 Å². The molecule has 2 saturated heterocycles. The fourth-order valence-electron chi connectivity index (χ4n) is 6.46. The first-order chi connectivity index (χ1) is 18.5. The lowest BCUT2D eigenvalue weighted by atomic mass is 9.97. The van der Waals surface area contributed by atoms with Gasteiger partial charge in [-0.15, -0.1) is 0 Å². The van der Waals surface area contributed by atoms with Crippen molar-refractivity contribution < 1.29 is 14.3 Å². The van der Waals surface area contributed by atoms with E-state index >= 15 is 0 Å². The fourth-order valence-corrected chi connectivity index (χ4v) is 6.46. The van der Waals surface area contributed by atoms with Crippen molar-refractivity contribution in [2.75, 3.05) is 38.2 Å². The maximum Gasteiger partial charge on any atom is 0.253 e. The Bertz CT molecular complexity index is 1330. The summed E-state index contributed by atoms with van der Waals surface area (Å²) < 4.78 is 7.99. The van der Waals surface area contributed by atoms with Crippen LogP contribution in [0.1, 0.15) is 61.1 Å². The molecule has 2 aromatic carbocycles. The van der Waals surface area contributed by atoms with Crippen LogP contribution in [0.25, 0.3) is 16.6 Å². The predicted molar refractivity (Wildman–Crippen MR) is 150 cm³/mol. The normalized spacial score (nSPS) is 19.5. The molecule has 0 spiro atoms. The summed E-state index contributed by atoms with van der Waals surface area (Å²) in [5, 5.41) is 4.05. The number of fused-ring (bicyclic) bond motifs is 3. The van der Waals surface area contributed by atoms with Crippen LogP contribution in [0.2, 0.25) is 0 Å². The minimum atomic E-state index is -0.0740. The highest BCUT2D eigenvalue weighted by atomic mass is 16.5. The number of hydrogen-bond donors (Lipinski definition) is 1. The van der Waals surface area contributed by atoms with E-state index in [1.165, 1.54) is 23.6 Å². The molecule has 7 nitrogen and oxygen atoms in total. The number of anilines is 1. The van der Waals surface area contributed by atoms with Crippen LogP contribution in [0.15, 0.2) is 42.5 Å². The highest BCUT2D eigenvalue weighted by Crippen LogP contribution is 2.36. The van der Waals surface area contributed by atoms with Crippen LogP contribution < -0.4 is 5.32 Å². The lowest BCUT2D eigenvalue weighted by Crippen LogP contribution is -2.42. The van der Waals surface area contributed by atoms with Gasteiger partial charge in [-0.05, 0) is 79.6 Å². The molecular formula is C31H38N4O3. The second-order valence-corrected chi connectivity index (χ2v) is 11.3. The zero-order valence-corrected chi connectivity index (χ0v) is 22.5. The van der Waals surface area contributed by atoms with Gasteiger partial charge in [0.25, 0.3) is 5.91 Å². The van der Waals surface area contributed by atoms with Crippen molar-refractivity contribution >= 4 is 28.4 Å². The van der Waals surface area contributed by atoms with Crippen LogP contribution in [0.3, 0.4) is 0 Å². The molecule has 3 aromatic rings. The molecule has 38 heavy (non-hydrogen) atoms. The maximum absolute atomic E-state index is 13.5. The van der Waals surface area contributed by atoms with Gasteiger partial charge in [0.1, 0.15) is 0 Å². The zero-order chi connectivity index (χ0) is 26.2. The third kappa shape index (κ3) is 4.85. The summed E-state index contributed by atoms with van der Waals surface area (Å²) in [6.45, 7) is 9.08. The molecule has 3 aliphatic rings. The lowest BCUT2D eigenvalue weighted by molar-refractivity contribution is -0.114. The Morgan fingerprint density at radius 3 is 2.39 bits per heavy atom. The smallest absolute Gasteiger partial charge is 0.253 e. The second-order valence-electron chi connectivity index (χ2n) is 11.3. The predicted octanol–water partition coefficient (Wildman–Crippen LogP) is 5.00. The van der Waals surface area contributed by atoms with Crippen molar-refractivity contribution in [3.8, 4) is 5.69 Å². The highest BCUT2D eigenvalue weighted by molar-refractivity contribution is 6.00. The Balaban J connectivity index is 1.40. The van der Waals surface area contributed by atoms with E-state index < -0.39 is 0 Å². The molecule has 1 N–H and O–H groups in total. The molecule has 0 radical (unpaired) electrons. The molecule has 0 aliphatic carbocycles. The van der Waals surface area contributed by atoms with E-state index in [9.17, 15) is 9.59 Å².